The van der Waals surface area contributed by atoms with Crippen molar-refractivity contribution in [1.82, 2.24) is 0 Å². The van der Waals surface area contributed by atoms with Crippen LogP contribution >= 0.6 is 0 Å². The van der Waals surface area contributed by atoms with Crippen molar-refractivity contribution in [3.8, 4) is 0 Å². The summed E-state index contributed by atoms with van der Waals surface area (Å²) in [5.41, 5.74) is 5.78. The molecule has 112 valence electrons. The van der Waals surface area contributed by atoms with Gasteiger partial charge in [-0.15, -0.1) is 0 Å². The van der Waals surface area contributed by atoms with E-state index in [4.69, 9.17) is 19.9 Å². The molecule has 0 aromatic heterocycles. The zero-order valence-corrected chi connectivity index (χ0v) is 11.8. The lowest BCUT2D eigenvalue weighted by molar-refractivity contribution is -0.124. The molecule has 0 fully saturated rings. The van der Waals surface area contributed by atoms with Crippen LogP contribution in [0.25, 0.3) is 0 Å². The molecule has 1 aromatic carbocycles. The molecule has 2 N–H and O–H groups in total. The Morgan fingerprint density at radius 1 is 1.30 bits per heavy atom. The number of primary amides is 1. The minimum atomic E-state index is -0.878. The number of hydrogen-bond acceptors (Lipinski definition) is 4. The number of carbonyl (C=O) groups is 1. The van der Waals surface area contributed by atoms with E-state index in [1.54, 1.807) is 12.1 Å². The number of nitrogens with two attached hydrogens (primary N) is 1. The molecule has 0 aliphatic carbocycles. The molecule has 0 saturated heterocycles. The van der Waals surface area contributed by atoms with Gasteiger partial charge < -0.3 is 19.9 Å². The maximum absolute atomic E-state index is 13.0. The van der Waals surface area contributed by atoms with Crippen molar-refractivity contribution < 1.29 is 23.4 Å². The highest BCUT2D eigenvalue weighted by molar-refractivity contribution is 5.64. The highest BCUT2D eigenvalue weighted by atomic mass is 19.1. The van der Waals surface area contributed by atoms with E-state index < -0.39 is 18.3 Å². The number of methoxy groups -OCH3 is 1. The molecule has 0 radical (unpaired) electrons. The smallest absolute Gasteiger partial charge is 0.404 e. The quantitative estimate of drug-likeness (QED) is 0.782. The maximum atomic E-state index is 13.0. The van der Waals surface area contributed by atoms with Crippen molar-refractivity contribution in [1.29, 1.82) is 0 Å². The molecule has 5 nitrogen and oxygen atoms in total. The standard InChI is InChI=1S/C14H20FNO4/c1-9(2)12(20-14(16)17)13(19-8-18-3)10-4-6-11(15)7-5-10/h4-7,9,12-13H,8H2,1-3H3,(H2,16,17)/t12-,13-/m1/s1. The van der Waals surface area contributed by atoms with E-state index in [0.717, 1.165) is 0 Å². The molecule has 0 aliphatic rings. The second-order valence-corrected chi connectivity index (χ2v) is 4.69. The lowest BCUT2D eigenvalue weighted by Gasteiger charge is -2.29. The van der Waals surface area contributed by atoms with Crippen LogP contribution in [0.1, 0.15) is 25.5 Å². The number of rotatable bonds is 7. The lowest BCUT2D eigenvalue weighted by atomic mass is 9.95. The predicted molar refractivity (Wildman–Crippen MR) is 71.4 cm³/mol. The Kier molecular flexibility index (Phi) is 6.41. The van der Waals surface area contributed by atoms with E-state index in [9.17, 15) is 9.18 Å². The Hall–Kier alpha value is -1.66. The summed E-state index contributed by atoms with van der Waals surface area (Å²) < 4.78 is 28.6. The number of benzene rings is 1. The van der Waals surface area contributed by atoms with Crippen LogP contribution in [0.4, 0.5) is 9.18 Å². The average molecular weight is 285 g/mol. The summed E-state index contributed by atoms with van der Waals surface area (Å²) >= 11 is 0. The van der Waals surface area contributed by atoms with Crippen LogP contribution in [0, 0.1) is 11.7 Å². The molecular formula is C14H20FNO4. The van der Waals surface area contributed by atoms with Gasteiger partial charge in [-0.05, 0) is 23.6 Å². The minimum Gasteiger partial charge on any atom is -0.443 e. The summed E-state index contributed by atoms with van der Waals surface area (Å²) in [6.45, 7) is 3.77. The number of amides is 1. The molecule has 0 aliphatic heterocycles. The number of carbonyl (C=O) groups excluding carboxylic acids is 1. The van der Waals surface area contributed by atoms with Crippen LogP contribution in [-0.4, -0.2) is 26.1 Å². The highest BCUT2D eigenvalue weighted by Crippen LogP contribution is 2.28. The van der Waals surface area contributed by atoms with Crippen LogP contribution < -0.4 is 5.73 Å². The van der Waals surface area contributed by atoms with Crippen LogP contribution in [0.3, 0.4) is 0 Å². The average Bonchev–Trinajstić information content (AvgIpc) is 2.39. The SMILES string of the molecule is COCO[C@H](c1ccc(F)cc1)[C@H](OC(N)=O)C(C)C. The molecule has 0 unspecified atom stereocenters. The molecule has 0 saturated carbocycles. The number of ether oxygens (including phenoxy) is 3. The highest BCUT2D eigenvalue weighted by Gasteiger charge is 2.30. The molecular weight excluding hydrogens is 265 g/mol. The van der Waals surface area contributed by atoms with Crippen LogP contribution in [0.15, 0.2) is 24.3 Å². The Labute approximate surface area is 117 Å². The van der Waals surface area contributed by atoms with Gasteiger partial charge in [-0.1, -0.05) is 26.0 Å². The van der Waals surface area contributed by atoms with Gasteiger partial charge in [0.15, 0.2) is 0 Å². The van der Waals surface area contributed by atoms with Crippen molar-refractivity contribution in [2.24, 2.45) is 11.7 Å². The van der Waals surface area contributed by atoms with Crippen molar-refractivity contribution in [3.63, 3.8) is 0 Å². The second kappa shape index (κ2) is 7.81. The van der Waals surface area contributed by atoms with Crippen molar-refractivity contribution >= 4 is 6.09 Å². The molecule has 6 heteroatoms. The topological polar surface area (TPSA) is 70.8 Å². The van der Waals surface area contributed by atoms with Gasteiger partial charge in [0.05, 0.1) is 0 Å². The predicted octanol–water partition coefficient (Wildman–Crippen LogP) is 2.61. The second-order valence-electron chi connectivity index (χ2n) is 4.69. The third-order valence-corrected chi connectivity index (χ3v) is 2.77. The third-order valence-electron chi connectivity index (χ3n) is 2.77. The molecule has 1 aromatic rings. The molecule has 0 bridgehead atoms. The first-order valence-corrected chi connectivity index (χ1v) is 6.27. The van der Waals surface area contributed by atoms with Gasteiger partial charge in [-0.25, -0.2) is 9.18 Å². The van der Waals surface area contributed by atoms with Crippen molar-refractivity contribution in [2.45, 2.75) is 26.1 Å². The van der Waals surface area contributed by atoms with Gasteiger partial charge in [0.2, 0.25) is 0 Å². The van der Waals surface area contributed by atoms with Gasteiger partial charge >= 0.3 is 6.09 Å². The third kappa shape index (κ3) is 4.79. The molecule has 0 heterocycles. The zero-order chi connectivity index (χ0) is 15.1. The van der Waals surface area contributed by atoms with Gasteiger partial charge in [-0.2, -0.15) is 0 Å². The fourth-order valence-electron chi connectivity index (χ4n) is 1.86. The van der Waals surface area contributed by atoms with E-state index in [1.165, 1.54) is 19.2 Å². The Bertz CT molecular complexity index is 422. The Morgan fingerprint density at radius 3 is 2.35 bits per heavy atom. The zero-order valence-electron chi connectivity index (χ0n) is 11.8. The largest absolute Gasteiger partial charge is 0.443 e. The lowest BCUT2D eigenvalue weighted by Crippen LogP contribution is -2.34. The molecule has 20 heavy (non-hydrogen) atoms. The van der Waals surface area contributed by atoms with E-state index >= 15 is 0 Å². The fourth-order valence-corrected chi connectivity index (χ4v) is 1.86. The van der Waals surface area contributed by atoms with Crippen LogP contribution in [0.2, 0.25) is 0 Å². The summed E-state index contributed by atoms with van der Waals surface area (Å²) in [6, 6.07) is 5.80. The first kappa shape index (κ1) is 16.4. The van der Waals surface area contributed by atoms with Gasteiger partial charge in [0, 0.05) is 7.11 Å². The summed E-state index contributed by atoms with van der Waals surface area (Å²) in [5.74, 6) is -0.384. The van der Waals surface area contributed by atoms with E-state index in [0.29, 0.717) is 5.56 Å². The Balaban J connectivity index is 3.01. The molecule has 2 atom stereocenters. The molecule has 0 spiro atoms. The van der Waals surface area contributed by atoms with E-state index in [1.807, 2.05) is 13.8 Å². The normalized spacial score (nSPS) is 14.1. The first-order chi connectivity index (χ1) is 9.45. The van der Waals surface area contributed by atoms with Gasteiger partial charge in [-0.3, -0.25) is 0 Å². The summed E-state index contributed by atoms with van der Waals surface area (Å²) in [5, 5.41) is 0. The Morgan fingerprint density at radius 2 is 1.90 bits per heavy atom. The summed E-state index contributed by atoms with van der Waals surface area (Å²) in [4.78, 5) is 11.0. The van der Waals surface area contributed by atoms with E-state index in [2.05, 4.69) is 0 Å². The van der Waals surface area contributed by atoms with Gasteiger partial charge in [0.25, 0.3) is 0 Å². The van der Waals surface area contributed by atoms with Crippen molar-refractivity contribution in [2.75, 3.05) is 13.9 Å². The van der Waals surface area contributed by atoms with E-state index in [-0.39, 0.29) is 18.5 Å². The number of hydrogen-bond donors (Lipinski definition) is 1. The summed E-state index contributed by atoms with van der Waals surface area (Å²) in [7, 11) is 1.49. The molecule has 1 amide bonds. The fraction of sp³-hybridized carbons (Fsp3) is 0.500. The van der Waals surface area contributed by atoms with Crippen LogP contribution in [0.5, 0.6) is 0 Å². The van der Waals surface area contributed by atoms with Crippen molar-refractivity contribution in [3.05, 3.63) is 35.6 Å². The van der Waals surface area contributed by atoms with Gasteiger partial charge in [0.1, 0.15) is 24.8 Å². The first-order valence-electron chi connectivity index (χ1n) is 6.27. The maximum Gasteiger partial charge on any atom is 0.404 e. The minimum absolute atomic E-state index is 0.0212. The monoisotopic (exact) mass is 285 g/mol. The summed E-state index contributed by atoms with van der Waals surface area (Å²) in [6.07, 6.45) is -2.05. The molecule has 1 rings (SSSR count). The van der Waals surface area contributed by atoms with Crippen LogP contribution in [-0.2, 0) is 14.2 Å². The number of halogens is 1.